The Morgan fingerprint density at radius 3 is 2.25 bits per heavy atom. The number of carbonyl (C=O) groups is 4. The van der Waals surface area contributed by atoms with Gasteiger partial charge in [-0.2, -0.15) is 0 Å². The van der Waals surface area contributed by atoms with Crippen molar-refractivity contribution in [3.8, 4) is 0 Å². The molecule has 0 saturated carbocycles. The van der Waals surface area contributed by atoms with Crippen LogP contribution in [0.1, 0.15) is 30.1 Å². The Balaban J connectivity index is 1.43. The Hall–Kier alpha value is -4.00. The van der Waals surface area contributed by atoms with Crippen molar-refractivity contribution >= 4 is 45.8 Å². The maximum Gasteiger partial charge on any atom is 0.338 e. The zero-order chi connectivity index (χ0) is 22.7. The largest absolute Gasteiger partial charge is 0.452 e. The Morgan fingerprint density at radius 1 is 0.906 bits per heavy atom. The third-order valence-electron chi connectivity index (χ3n) is 5.41. The predicted molar refractivity (Wildman–Crippen MR) is 120 cm³/mol. The molecular weight excluding hydrogens is 408 g/mol. The third kappa shape index (κ3) is 4.09. The number of fused-ring (bicyclic) bond motifs is 1. The molecule has 0 atom stereocenters. The zero-order valence-corrected chi connectivity index (χ0v) is 17.6. The molecule has 0 aromatic heterocycles. The lowest BCUT2D eigenvalue weighted by Gasteiger charge is -2.22. The van der Waals surface area contributed by atoms with E-state index in [0.717, 1.165) is 21.4 Å². The van der Waals surface area contributed by atoms with Crippen molar-refractivity contribution in [3.63, 3.8) is 0 Å². The fourth-order valence-electron chi connectivity index (χ4n) is 3.82. The van der Waals surface area contributed by atoms with Crippen molar-refractivity contribution < 1.29 is 23.9 Å². The number of ether oxygens (including phenoxy) is 1. The van der Waals surface area contributed by atoms with Gasteiger partial charge in [0.05, 0.1) is 16.9 Å². The molecule has 1 saturated heterocycles. The van der Waals surface area contributed by atoms with Gasteiger partial charge in [-0.05, 0) is 42.6 Å². The van der Waals surface area contributed by atoms with Crippen LogP contribution >= 0.6 is 0 Å². The molecule has 3 amide bonds. The highest BCUT2D eigenvalue weighted by Crippen LogP contribution is 2.27. The second-order valence-corrected chi connectivity index (χ2v) is 7.38. The van der Waals surface area contributed by atoms with Gasteiger partial charge in [0.15, 0.2) is 6.61 Å². The monoisotopic (exact) mass is 430 g/mol. The number of carbonyl (C=O) groups excluding carboxylic acids is 4. The average molecular weight is 430 g/mol. The van der Waals surface area contributed by atoms with E-state index in [4.69, 9.17) is 4.74 Å². The first-order valence-corrected chi connectivity index (χ1v) is 10.4. The molecule has 0 N–H and O–H groups in total. The molecule has 162 valence electrons. The van der Waals surface area contributed by atoms with Crippen LogP contribution in [0.5, 0.6) is 0 Å². The molecule has 7 heteroatoms. The molecule has 32 heavy (non-hydrogen) atoms. The minimum atomic E-state index is -0.655. The molecule has 1 heterocycles. The van der Waals surface area contributed by atoms with E-state index in [-0.39, 0.29) is 36.1 Å². The summed E-state index contributed by atoms with van der Waals surface area (Å²) in [6.07, 6.45) is 0.380. The molecule has 1 fully saturated rings. The summed E-state index contributed by atoms with van der Waals surface area (Å²) in [6.45, 7) is 1.89. The van der Waals surface area contributed by atoms with Gasteiger partial charge < -0.3 is 9.64 Å². The number of anilines is 2. The second-order valence-electron chi connectivity index (χ2n) is 7.38. The first-order valence-electron chi connectivity index (χ1n) is 10.4. The lowest BCUT2D eigenvalue weighted by Crippen LogP contribution is -2.34. The van der Waals surface area contributed by atoms with Crippen LogP contribution in [0.3, 0.4) is 0 Å². The van der Waals surface area contributed by atoms with Gasteiger partial charge in [0.2, 0.25) is 11.8 Å². The quantitative estimate of drug-likeness (QED) is 0.440. The number of amides is 3. The van der Waals surface area contributed by atoms with Crippen molar-refractivity contribution in [2.45, 2.75) is 19.8 Å². The average Bonchev–Trinajstić information content (AvgIpc) is 3.16. The lowest BCUT2D eigenvalue weighted by molar-refractivity contribution is -0.122. The number of likely N-dealkylation sites (N-methyl/N-ethyl adjacent to an activating group) is 1. The normalized spacial score (nSPS) is 13.5. The fraction of sp³-hybridized carbons (Fsp3) is 0.200. The Morgan fingerprint density at radius 2 is 1.56 bits per heavy atom. The van der Waals surface area contributed by atoms with Gasteiger partial charge in [-0.15, -0.1) is 0 Å². The SMILES string of the molecule is CCN(C(=O)COC(=O)c1ccc(N2C(=O)CCC2=O)cc1)c1cccc2ccccc12. The number of imide groups is 1. The molecule has 7 nitrogen and oxygen atoms in total. The van der Waals surface area contributed by atoms with Gasteiger partial charge in [0, 0.05) is 24.8 Å². The van der Waals surface area contributed by atoms with Crippen LogP contribution in [0.15, 0.2) is 66.7 Å². The molecule has 3 aromatic rings. The van der Waals surface area contributed by atoms with Crippen LogP contribution in [0, 0.1) is 0 Å². The highest BCUT2D eigenvalue weighted by atomic mass is 16.5. The van der Waals surface area contributed by atoms with Crippen molar-refractivity contribution in [2.75, 3.05) is 23.0 Å². The van der Waals surface area contributed by atoms with Crippen molar-refractivity contribution in [1.82, 2.24) is 0 Å². The molecule has 0 radical (unpaired) electrons. The van der Waals surface area contributed by atoms with E-state index < -0.39 is 12.6 Å². The summed E-state index contributed by atoms with van der Waals surface area (Å²) in [5.41, 5.74) is 1.41. The molecule has 3 aromatic carbocycles. The maximum absolute atomic E-state index is 12.8. The summed E-state index contributed by atoms with van der Waals surface area (Å²) >= 11 is 0. The number of esters is 1. The van der Waals surface area contributed by atoms with E-state index >= 15 is 0 Å². The summed E-state index contributed by atoms with van der Waals surface area (Å²) in [5.74, 6) is -1.51. The molecule has 1 aliphatic rings. The first kappa shape index (κ1) is 21.2. The van der Waals surface area contributed by atoms with Crippen LogP contribution < -0.4 is 9.80 Å². The summed E-state index contributed by atoms with van der Waals surface area (Å²) in [6, 6.07) is 19.5. The molecule has 0 aliphatic carbocycles. The number of nitrogens with zero attached hydrogens (tertiary/aromatic N) is 2. The number of hydrogen-bond donors (Lipinski definition) is 0. The Bertz CT molecular complexity index is 1180. The molecule has 0 unspecified atom stereocenters. The van der Waals surface area contributed by atoms with Gasteiger partial charge >= 0.3 is 5.97 Å². The summed E-state index contributed by atoms with van der Waals surface area (Å²) in [4.78, 5) is 51.6. The van der Waals surface area contributed by atoms with Gasteiger partial charge in [-0.1, -0.05) is 36.4 Å². The predicted octanol–water partition coefficient (Wildman–Crippen LogP) is 3.70. The second kappa shape index (κ2) is 9.01. The van der Waals surface area contributed by atoms with E-state index in [9.17, 15) is 19.2 Å². The van der Waals surface area contributed by atoms with E-state index in [1.165, 1.54) is 24.3 Å². The van der Waals surface area contributed by atoms with Crippen LogP contribution in [0.2, 0.25) is 0 Å². The number of hydrogen-bond acceptors (Lipinski definition) is 5. The number of benzene rings is 3. The van der Waals surface area contributed by atoms with Gasteiger partial charge in [-0.25, -0.2) is 4.79 Å². The summed E-state index contributed by atoms with van der Waals surface area (Å²) < 4.78 is 5.24. The van der Waals surface area contributed by atoms with Gasteiger partial charge in [-0.3, -0.25) is 19.3 Å². The first-order chi connectivity index (χ1) is 15.5. The van der Waals surface area contributed by atoms with Crippen LogP contribution in [0.25, 0.3) is 10.8 Å². The highest BCUT2D eigenvalue weighted by Gasteiger charge is 2.30. The summed E-state index contributed by atoms with van der Waals surface area (Å²) in [7, 11) is 0. The van der Waals surface area contributed by atoms with E-state index in [0.29, 0.717) is 12.2 Å². The van der Waals surface area contributed by atoms with Gasteiger partial charge in [0.1, 0.15) is 0 Å². The summed E-state index contributed by atoms with van der Waals surface area (Å²) in [5, 5.41) is 1.96. The van der Waals surface area contributed by atoms with Crippen molar-refractivity contribution in [2.24, 2.45) is 0 Å². The lowest BCUT2D eigenvalue weighted by atomic mass is 10.1. The molecule has 0 spiro atoms. The molecule has 1 aliphatic heterocycles. The molecule has 4 rings (SSSR count). The Labute approximate surface area is 185 Å². The Kier molecular flexibility index (Phi) is 5.98. The minimum absolute atomic E-state index is 0.190. The van der Waals surface area contributed by atoms with E-state index in [1.54, 1.807) is 4.90 Å². The topological polar surface area (TPSA) is 84.0 Å². The van der Waals surface area contributed by atoms with Crippen LogP contribution in [0.4, 0.5) is 11.4 Å². The zero-order valence-electron chi connectivity index (χ0n) is 17.6. The number of rotatable bonds is 6. The minimum Gasteiger partial charge on any atom is -0.452 e. The van der Waals surface area contributed by atoms with E-state index in [2.05, 4.69) is 0 Å². The van der Waals surface area contributed by atoms with Crippen LogP contribution in [-0.4, -0.2) is 36.8 Å². The highest BCUT2D eigenvalue weighted by molar-refractivity contribution is 6.19. The third-order valence-corrected chi connectivity index (χ3v) is 5.41. The molecular formula is C25H22N2O5. The molecule has 0 bridgehead atoms. The van der Waals surface area contributed by atoms with Crippen molar-refractivity contribution in [3.05, 3.63) is 72.3 Å². The van der Waals surface area contributed by atoms with E-state index in [1.807, 2.05) is 49.4 Å². The maximum atomic E-state index is 12.8. The van der Waals surface area contributed by atoms with Gasteiger partial charge in [0.25, 0.3) is 5.91 Å². The fourth-order valence-corrected chi connectivity index (χ4v) is 3.82. The van der Waals surface area contributed by atoms with Crippen LogP contribution in [-0.2, 0) is 19.1 Å². The van der Waals surface area contributed by atoms with Crippen molar-refractivity contribution in [1.29, 1.82) is 0 Å². The smallest absolute Gasteiger partial charge is 0.338 e. The standard InChI is InChI=1S/C25H22N2O5/c1-2-26(21-9-5-7-17-6-3-4-8-20(17)21)24(30)16-32-25(31)18-10-12-19(13-11-18)27-22(28)14-15-23(27)29/h3-13H,2,14-16H2,1H3.